The van der Waals surface area contributed by atoms with Crippen molar-refractivity contribution in [3.63, 3.8) is 0 Å². The Kier molecular flexibility index (Phi) is 8.48. The second-order valence-corrected chi connectivity index (χ2v) is 9.68. The van der Waals surface area contributed by atoms with Gasteiger partial charge in [-0.1, -0.05) is 6.07 Å². The average molecular weight is 448 g/mol. The van der Waals surface area contributed by atoms with E-state index in [-0.39, 0.29) is 25.0 Å². The summed E-state index contributed by atoms with van der Waals surface area (Å²) in [7, 11) is 1.52. The molecule has 1 saturated carbocycles. The van der Waals surface area contributed by atoms with Crippen molar-refractivity contribution in [3.05, 3.63) is 23.4 Å². The van der Waals surface area contributed by atoms with Crippen LogP contribution >= 0.6 is 0 Å². The number of hydrogen-bond donors (Lipinski definition) is 3. The molecule has 8 nitrogen and oxygen atoms in total. The van der Waals surface area contributed by atoms with Crippen LogP contribution < -0.4 is 10.6 Å². The van der Waals surface area contributed by atoms with Crippen molar-refractivity contribution < 1.29 is 24.2 Å². The summed E-state index contributed by atoms with van der Waals surface area (Å²) >= 11 is 0. The number of carboxylic acid groups (broad SMARTS) is 1. The van der Waals surface area contributed by atoms with Gasteiger partial charge in [0.1, 0.15) is 11.9 Å². The first-order valence-corrected chi connectivity index (χ1v) is 11.7. The number of rotatable bonds is 12. The molecule has 178 valence electrons. The first-order valence-electron chi connectivity index (χ1n) is 11.7. The minimum absolute atomic E-state index is 0.174. The van der Waals surface area contributed by atoms with Crippen molar-refractivity contribution in [1.82, 2.24) is 10.3 Å². The maximum Gasteiger partial charge on any atom is 0.326 e. The Hall–Kier alpha value is -2.19. The zero-order valence-electron chi connectivity index (χ0n) is 19.5. The van der Waals surface area contributed by atoms with E-state index < -0.39 is 17.4 Å². The number of nitrogens with one attached hydrogen (secondary N) is 2. The molecule has 1 amide bonds. The van der Waals surface area contributed by atoms with E-state index in [9.17, 15) is 14.7 Å². The summed E-state index contributed by atoms with van der Waals surface area (Å²) in [5.41, 5.74) is 1.67. The molecule has 2 aliphatic rings. The normalized spacial score (nSPS) is 21.1. The lowest BCUT2D eigenvalue weighted by Crippen LogP contribution is -2.48. The molecule has 3 rings (SSSR count). The van der Waals surface area contributed by atoms with Gasteiger partial charge < -0.3 is 25.2 Å². The molecular formula is C24H37N3O5. The molecule has 0 unspecified atom stereocenters. The van der Waals surface area contributed by atoms with E-state index in [1.54, 1.807) is 13.8 Å². The van der Waals surface area contributed by atoms with E-state index >= 15 is 0 Å². The number of aromatic nitrogens is 1. The number of aryl methyl sites for hydroxylation is 2. The number of anilines is 1. The predicted octanol–water partition coefficient (Wildman–Crippen LogP) is 2.80. The van der Waals surface area contributed by atoms with Gasteiger partial charge in [-0.15, -0.1) is 0 Å². The van der Waals surface area contributed by atoms with Crippen LogP contribution in [-0.4, -0.2) is 61.0 Å². The van der Waals surface area contributed by atoms with Gasteiger partial charge in [-0.25, -0.2) is 9.78 Å². The zero-order chi connectivity index (χ0) is 23.1. The quantitative estimate of drug-likeness (QED) is 0.452. The Balaban J connectivity index is 1.33. The van der Waals surface area contributed by atoms with Crippen LogP contribution in [0, 0.1) is 11.3 Å². The average Bonchev–Trinajstić information content (AvgIpc) is 2.73. The van der Waals surface area contributed by atoms with Gasteiger partial charge in [0.25, 0.3) is 0 Å². The van der Waals surface area contributed by atoms with Gasteiger partial charge in [-0.05, 0) is 69.9 Å². The molecule has 1 aliphatic heterocycles. The number of nitrogens with zero attached hydrogens (tertiary/aromatic N) is 1. The van der Waals surface area contributed by atoms with E-state index in [0.717, 1.165) is 50.2 Å². The fourth-order valence-corrected chi connectivity index (χ4v) is 4.30. The number of pyridine rings is 1. The summed E-state index contributed by atoms with van der Waals surface area (Å²) in [6, 6.07) is 3.38. The molecule has 32 heavy (non-hydrogen) atoms. The lowest BCUT2D eigenvalue weighted by molar-refractivity contribution is -0.145. The Morgan fingerprint density at radius 2 is 2.12 bits per heavy atom. The fourth-order valence-electron chi connectivity index (χ4n) is 4.30. The minimum atomic E-state index is -1.05. The van der Waals surface area contributed by atoms with Gasteiger partial charge in [0.2, 0.25) is 5.91 Å². The fraction of sp³-hybridized carbons (Fsp3) is 0.708. The molecule has 1 atom stereocenters. The van der Waals surface area contributed by atoms with Gasteiger partial charge in [0.05, 0.1) is 18.1 Å². The topological polar surface area (TPSA) is 110 Å². The van der Waals surface area contributed by atoms with Gasteiger partial charge in [-0.2, -0.15) is 0 Å². The molecule has 3 N–H and O–H groups in total. The van der Waals surface area contributed by atoms with Crippen LogP contribution in [0.15, 0.2) is 12.1 Å². The molecule has 8 heteroatoms. The summed E-state index contributed by atoms with van der Waals surface area (Å²) in [5.74, 6) is 0.292. The summed E-state index contributed by atoms with van der Waals surface area (Å²) in [5, 5.41) is 15.4. The van der Waals surface area contributed by atoms with Crippen LogP contribution in [0.2, 0.25) is 0 Å². The molecule has 0 saturated heterocycles. The Morgan fingerprint density at radius 3 is 2.84 bits per heavy atom. The molecule has 2 heterocycles. The first-order chi connectivity index (χ1) is 15.3. The predicted molar refractivity (Wildman–Crippen MR) is 122 cm³/mol. The molecule has 1 aromatic heterocycles. The molecule has 1 aliphatic carbocycles. The SMILES string of the molecule is COCC(C)(C)C(=O)N[C@@H](CCO[C@H]1C[C@H](CCc2ccc3c(n2)NCCC3)C1)C(=O)O. The molecule has 0 radical (unpaired) electrons. The van der Waals surface area contributed by atoms with Crippen molar-refractivity contribution in [2.45, 2.75) is 70.9 Å². The molecule has 1 fully saturated rings. The molecule has 1 aromatic rings. The van der Waals surface area contributed by atoms with E-state index in [2.05, 4.69) is 22.8 Å². The largest absolute Gasteiger partial charge is 0.480 e. The van der Waals surface area contributed by atoms with Crippen LogP contribution in [0.4, 0.5) is 5.82 Å². The second-order valence-electron chi connectivity index (χ2n) is 9.68. The van der Waals surface area contributed by atoms with Crippen LogP contribution in [-0.2, 0) is 31.9 Å². The van der Waals surface area contributed by atoms with E-state index in [1.165, 1.54) is 19.1 Å². The number of hydrogen-bond acceptors (Lipinski definition) is 6. The Bertz CT molecular complexity index is 792. The van der Waals surface area contributed by atoms with Crippen LogP contribution in [0.1, 0.15) is 57.2 Å². The summed E-state index contributed by atoms with van der Waals surface area (Å²) in [6.07, 6.45) is 6.75. The smallest absolute Gasteiger partial charge is 0.326 e. The van der Waals surface area contributed by atoms with Gasteiger partial charge >= 0.3 is 5.97 Å². The monoisotopic (exact) mass is 447 g/mol. The number of carboxylic acids is 1. The standard InChI is InChI=1S/C24H37N3O5/c1-24(2,15-31-3)23(30)27-20(22(28)29)10-12-32-19-13-16(14-19)6-8-18-9-7-17-5-4-11-25-21(17)26-18/h7,9,16,19-20H,4-6,8,10-15H2,1-3H3,(H,25,26)(H,27,30)(H,28,29)/t16-,19-,20-/m0/s1. The lowest BCUT2D eigenvalue weighted by Gasteiger charge is -2.35. The third-order valence-electron chi connectivity index (χ3n) is 6.44. The number of fused-ring (bicyclic) bond motifs is 1. The molecular weight excluding hydrogens is 410 g/mol. The molecule has 0 spiro atoms. The number of methoxy groups -OCH3 is 1. The number of carbonyl (C=O) groups is 2. The summed E-state index contributed by atoms with van der Waals surface area (Å²) in [4.78, 5) is 28.6. The van der Waals surface area contributed by atoms with Crippen molar-refractivity contribution in [2.24, 2.45) is 11.3 Å². The maximum absolute atomic E-state index is 12.3. The highest BCUT2D eigenvalue weighted by atomic mass is 16.5. The van der Waals surface area contributed by atoms with Crippen LogP contribution in [0.5, 0.6) is 0 Å². The van der Waals surface area contributed by atoms with Crippen molar-refractivity contribution in [2.75, 3.05) is 32.2 Å². The number of carbonyl (C=O) groups excluding carboxylic acids is 1. The third kappa shape index (κ3) is 6.65. The second kappa shape index (κ2) is 11.1. The highest BCUT2D eigenvalue weighted by Gasteiger charge is 2.33. The van der Waals surface area contributed by atoms with E-state index in [1.807, 2.05) is 0 Å². The van der Waals surface area contributed by atoms with Crippen molar-refractivity contribution in [3.8, 4) is 0 Å². The third-order valence-corrected chi connectivity index (χ3v) is 6.44. The molecule has 0 bridgehead atoms. The Labute approximate surface area is 190 Å². The highest BCUT2D eigenvalue weighted by Crippen LogP contribution is 2.34. The minimum Gasteiger partial charge on any atom is -0.480 e. The lowest BCUT2D eigenvalue weighted by atomic mass is 9.79. The highest BCUT2D eigenvalue weighted by molar-refractivity contribution is 5.87. The number of ether oxygens (including phenoxy) is 2. The van der Waals surface area contributed by atoms with E-state index in [0.29, 0.717) is 12.5 Å². The Morgan fingerprint density at radius 1 is 1.34 bits per heavy atom. The van der Waals surface area contributed by atoms with Crippen LogP contribution in [0.25, 0.3) is 0 Å². The number of amides is 1. The van der Waals surface area contributed by atoms with Gasteiger partial charge in [0, 0.05) is 32.4 Å². The number of aliphatic carboxylic acids is 1. The van der Waals surface area contributed by atoms with Gasteiger partial charge in [0.15, 0.2) is 0 Å². The van der Waals surface area contributed by atoms with Crippen LogP contribution in [0.3, 0.4) is 0 Å². The maximum atomic E-state index is 12.3. The summed E-state index contributed by atoms with van der Waals surface area (Å²) < 4.78 is 10.9. The van der Waals surface area contributed by atoms with Crippen molar-refractivity contribution in [1.29, 1.82) is 0 Å². The zero-order valence-corrected chi connectivity index (χ0v) is 19.5. The molecule has 0 aromatic carbocycles. The van der Waals surface area contributed by atoms with Crippen molar-refractivity contribution >= 4 is 17.7 Å². The van der Waals surface area contributed by atoms with Gasteiger partial charge in [-0.3, -0.25) is 4.79 Å². The summed E-state index contributed by atoms with van der Waals surface area (Å²) in [6.45, 7) is 5.00. The first kappa shape index (κ1) is 24.5. The van der Waals surface area contributed by atoms with E-state index in [4.69, 9.17) is 14.5 Å².